The fraction of sp³-hybridized carbons (Fsp3) is 0.524. The normalized spacial score (nSPS) is 31.2. The van der Waals surface area contributed by atoms with Crippen molar-refractivity contribution in [2.75, 3.05) is 41.6 Å². The lowest BCUT2D eigenvalue weighted by atomic mass is 10.1. The van der Waals surface area contributed by atoms with E-state index in [0.717, 1.165) is 16.3 Å². The number of nitrogens with one attached hydrogen (secondary N) is 2. The molecule has 3 aromatic rings. The maximum atomic E-state index is 13.1. The Balaban J connectivity index is 1.14. The van der Waals surface area contributed by atoms with Crippen LogP contribution in [-0.2, 0) is 39.2 Å². The Bertz CT molecular complexity index is 1960. The van der Waals surface area contributed by atoms with Gasteiger partial charge in [0.05, 0.1) is 19.6 Å². The Morgan fingerprint density at radius 3 is 2.48 bits per heavy atom. The van der Waals surface area contributed by atoms with Crippen molar-refractivity contribution in [3.8, 4) is 0 Å². The second-order valence-corrected chi connectivity index (χ2v) is 15.4. The van der Waals surface area contributed by atoms with Crippen LogP contribution in [-0.4, -0.2) is 123 Å². The highest BCUT2D eigenvalue weighted by Gasteiger charge is 2.53. The van der Waals surface area contributed by atoms with Crippen molar-refractivity contribution in [1.82, 2.24) is 29.5 Å². The van der Waals surface area contributed by atoms with Gasteiger partial charge in [-0.2, -0.15) is 9.97 Å². The first kappa shape index (κ1) is 34.8. The lowest BCUT2D eigenvalue weighted by Gasteiger charge is -2.31. The predicted octanol–water partition coefficient (Wildman–Crippen LogP) is -3.28. The number of phosphoric acid groups is 1. The number of H-pyrrole nitrogens is 2. The van der Waals surface area contributed by atoms with Crippen LogP contribution in [0.2, 0.25) is 0 Å². The topological polar surface area (TPSA) is 332 Å². The molecule has 0 radical (unpaired) electrons. The number of imidazole rings is 1. The summed E-state index contributed by atoms with van der Waals surface area (Å²) >= 11 is 9.80. The Hall–Kier alpha value is -3.00. The van der Waals surface area contributed by atoms with Gasteiger partial charge in [0.15, 0.2) is 29.4 Å². The molecule has 2 saturated heterocycles. The number of nitrogen functional groups attached to an aromatic ring is 2. The lowest BCUT2D eigenvalue weighted by Crippen LogP contribution is -2.46. The van der Waals surface area contributed by atoms with Gasteiger partial charge in [-0.1, -0.05) is 12.2 Å². The minimum Gasteiger partial charge on any atom is -0.387 e. The van der Waals surface area contributed by atoms with Crippen LogP contribution in [0.15, 0.2) is 15.9 Å². The van der Waals surface area contributed by atoms with E-state index in [9.17, 15) is 39.3 Å². The molecule has 0 spiro atoms. The lowest BCUT2D eigenvalue weighted by molar-refractivity contribution is -0.0489. The van der Waals surface area contributed by atoms with Gasteiger partial charge >= 0.3 is 14.5 Å². The standard InChI is InChI=1S/C21H28N10O13P2S2/c1-29-5-31(15-9(29)17(36)28-21(23)26-15)19-13(11(33)7(3-47)42-19)43-45(37,38)44-46(39,48)40-2-6-10(32)12(34)18(41-6)30-4-24-8-14(30)25-20(22)27-16(8)35/h3-4,6-7,10-13,18-19,32-34H,2,5H2,1H3,(H,37,38)(H,39,48)(H3,22,25,27,35)(H3,23,26,28,36)/t6-,7-,10-,11-,12-,13-,18-,19-,46?/m1/s1. The molecule has 0 amide bonds. The van der Waals surface area contributed by atoms with Gasteiger partial charge in [0.25, 0.3) is 11.1 Å². The summed E-state index contributed by atoms with van der Waals surface area (Å²) in [5.74, 6) is -0.462. The molecule has 3 aliphatic heterocycles. The summed E-state index contributed by atoms with van der Waals surface area (Å²) in [7, 11) is -3.84. The number of thiocarbonyl (C=S) groups is 1. The smallest absolute Gasteiger partial charge is 0.387 e. The second-order valence-electron chi connectivity index (χ2n) is 10.8. The van der Waals surface area contributed by atoms with E-state index in [1.165, 1.54) is 9.80 Å². The number of ether oxygens (including phenoxy) is 2. The molecular weight excluding hydrogens is 726 g/mol. The van der Waals surface area contributed by atoms with Gasteiger partial charge in [0.2, 0.25) is 11.9 Å². The third-order valence-corrected chi connectivity index (χ3v) is 11.4. The van der Waals surface area contributed by atoms with Crippen LogP contribution < -0.4 is 32.4 Å². The number of hydrogen-bond donors (Lipinski definition) is 9. The summed E-state index contributed by atoms with van der Waals surface area (Å²) in [6, 6.07) is 0. The van der Waals surface area contributed by atoms with Crippen molar-refractivity contribution < 1.29 is 52.5 Å². The number of aromatic amines is 2. The fourth-order valence-corrected chi connectivity index (χ4v) is 8.88. The minimum absolute atomic E-state index is 0.0178. The number of nitrogens with zero attached hydrogens (tertiary/aromatic N) is 6. The van der Waals surface area contributed by atoms with Gasteiger partial charge in [0, 0.05) is 12.4 Å². The second kappa shape index (κ2) is 12.7. The highest BCUT2D eigenvalue weighted by molar-refractivity contribution is 8.08. The molecule has 6 heterocycles. The molecule has 0 bridgehead atoms. The molecule has 23 nitrogen and oxygen atoms in total. The Morgan fingerprint density at radius 2 is 1.77 bits per heavy atom. The van der Waals surface area contributed by atoms with E-state index in [1.807, 2.05) is 0 Å². The summed E-state index contributed by atoms with van der Waals surface area (Å²) in [5, 5.41) is 33.1. The van der Waals surface area contributed by atoms with Crippen molar-refractivity contribution in [2.45, 2.75) is 49.1 Å². The summed E-state index contributed by atoms with van der Waals surface area (Å²) < 4.78 is 40.9. The van der Waals surface area contributed by atoms with Crippen molar-refractivity contribution >= 4 is 78.5 Å². The first-order valence-electron chi connectivity index (χ1n) is 13.6. The molecule has 10 atom stereocenters. The molecular formula is C21H28N10O13P2S2. The van der Waals surface area contributed by atoms with E-state index < -0.39 is 81.3 Å². The maximum Gasteiger partial charge on any atom is 0.479 e. The van der Waals surface area contributed by atoms with Gasteiger partial charge in [-0.05, 0) is 11.8 Å². The van der Waals surface area contributed by atoms with E-state index >= 15 is 0 Å². The number of aliphatic hydroxyl groups is 3. The van der Waals surface area contributed by atoms with Crippen LogP contribution in [0.5, 0.6) is 0 Å². The number of aromatic nitrogens is 6. The summed E-state index contributed by atoms with van der Waals surface area (Å²) in [6.07, 6.45) is -10.9. The molecule has 48 heavy (non-hydrogen) atoms. The van der Waals surface area contributed by atoms with Crippen LogP contribution in [0.3, 0.4) is 0 Å². The number of nitrogens with two attached hydrogens (primary N) is 2. The Labute approximate surface area is 277 Å². The number of fused-ring (bicyclic) bond motifs is 2. The fourth-order valence-electron chi connectivity index (χ4n) is 5.46. The van der Waals surface area contributed by atoms with Crippen molar-refractivity contribution in [1.29, 1.82) is 0 Å². The van der Waals surface area contributed by atoms with Crippen LogP contribution in [0.1, 0.15) is 6.23 Å². The van der Waals surface area contributed by atoms with Crippen LogP contribution in [0.4, 0.5) is 23.4 Å². The van der Waals surface area contributed by atoms with E-state index in [0.29, 0.717) is 0 Å². The SMILES string of the molecule is CN1CN([C@@H]2O[C@H](C=S)[C@@H](O)[C@H]2OP(=O)(O)OP(O)(=S)OC[C@H]2O[C@@H](n3cnc4c(=O)[nH]c(N)nc43)[C@H](O)[C@@H]2O)c2nc(N)[nH]c(=O)c21. The molecule has 2 fully saturated rings. The van der Waals surface area contributed by atoms with Gasteiger partial charge in [-0.15, -0.1) is 0 Å². The number of hydrogen-bond acceptors (Lipinski definition) is 20. The molecule has 2 unspecified atom stereocenters. The van der Waals surface area contributed by atoms with E-state index in [4.69, 9.17) is 58.3 Å². The summed E-state index contributed by atoms with van der Waals surface area (Å²) in [6.45, 7) is -5.51. The molecule has 3 aliphatic rings. The molecule has 262 valence electrons. The molecule has 0 saturated carbocycles. The minimum atomic E-state index is -5.40. The number of aliphatic hydroxyl groups excluding tert-OH is 3. The maximum absolute atomic E-state index is 13.1. The monoisotopic (exact) mass is 754 g/mol. The van der Waals surface area contributed by atoms with E-state index in [2.05, 4.69) is 24.9 Å². The molecule has 11 N–H and O–H groups in total. The zero-order chi connectivity index (χ0) is 34.9. The van der Waals surface area contributed by atoms with Gasteiger partial charge in [0.1, 0.15) is 42.3 Å². The molecule has 27 heteroatoms. The number of phosphoric ester groups is 1. The molecule has 0 aromatic carbocycles. The number of anilines is 4. The first-order valence-corrected chi connectivity index (χ1v) is 18.2. The first-order chi connectivity index (χ1) is 22.5. The van der Waals surface area contributed by atoms with Crippen LogP contribution in [0.25, 0.3) is 11.2 Å². The summed E-state index contributed by atoms with van der Waals surface area (Å²) in [4.78, 5) is 65.3. The van der Waals surface area contributed by atoms with Gasteiger partial charge < -0.3 is 60.4 Å². The Morgan fingerprint density at radius 1 is 1.08 bits per heavy atom. The average molecular weight is 755 g/mol. The van der Waals surface area contributed by atoms with Crippen molar-refractivity contribution in [2.24, 2.45) is 0 Å². The van der Waals surface area contributed by atoms with E-state index in [-0.39, 0.29) is 41.2 Å². The average Bonchev–Trinajstić information content (AvgIpc) is 3.71. The van der Waals surface area contributed by atoms with E-state index in [1.54, 1.807) is 7.05 Å². The highest BCUT2D eigenvalue weighted by Crippen LogP contribution is 2.62. The highest BCUT2D eigenvalue weighted by atomic mass is 32.5. The van der Waals surface area contributed by atoms with Gasteiger partial charge in [-0.3, -0.25) is 28.6 Å². The van der Waals surface area contributed by atoms with Crippen LogP contribution >= 0.6 is 26.8 Å². The Kier molecular flexibility index (Phi) is 9.23. The quantitative estimate of drug-likeness (QED) is 0.0724. The van der Waals surface area contributed by atoms with Gasteiger partial charge in [-0.25, -0.2) is 13.9 Å². The van der Waals surface area contributed by atoms with Crippen molar-refractivity contribution in [3.05, 3.63) is 27.0 Å². The third-order valence-electron chi connectivity index (χ3n) is 7.53. The van der Waals surface area contributed by atoms with Crippen molar-refractivity contribution in [3.63, 3.8) is 0 Å². The number of rotatable bonds is 10. The molecule has 3 aromatic heterocycles. The largest absolute Gasteiger partial charge is 0.479 e. The van der Waals surface area contributed by atoms with Crippen LogP contribution in [0, 0.1) is 0 Å². The molecule has 0 aliphatic carbocycles. The molecule has 6 rings (SSSR count). The zero-order valence-corrected chi connectivity index (χ0v) is 27.7. The third kappa shape index (κ3) is 6.38. The predicted molar refractivity (Wildman–Crippen MR) is 170 cm³/mol. The summed E-state index contributed by atoms with van der Waals surface area (Å²) in [5.41, 5.74) is 9.97. The zero-order valence-electron chi connectivity index (χ0n) is 24.2.